The van der Waals surface area contributed by atoms with Crippen molar-refractivity contribution in [2.45, 2.75) is 12.8 Å². The second kappa shape index (κ2) is 7.10. The smallest absolute Gasteiger partial charge is 0.293 e. The van der Waals surface area contributed by atoms with Crippen molar-refractivity contribution in [1.82, 2.24) is 9.66 Å². The number of carbonyl (C=O) groups is 1. The number of hydrogen-bond donors (Lipinski definition) is 1. The number of nitro groups is 1. The molecular weight excluding hydrogens is 362 g/mol. The molecule has 1 aliphatic heterocycles. The van der Waals surface area contributed by atoms with Crippen molar-refractivity contribution in [1.29, 1.82) is 0 Å². The predicted molar refractivity (Wildman–Crippen MR) is 104 cm³/mol. The summed E-state index contributed by atoms with van der Waals surface area (Å²) in [5.41, 5.74) is 3.00. The van der Waals surface area contributed by atoms with Gasteiger partial charge in [-0.1, -0.05) is 12.1 Å². The monoisotopic (exact) mass is 379 g/mol. The average molecular weight is 379 g/mol. The largest absolute Gasteiger partial charge is 0.366 e. The van der Waals surface area contributed by atoms with Crippen LogP contribution in [0.3, 0.4) is 0 Å². The maximum atomic E-state index is 12.6. The maximum absolute atomic E-state index is 12.6. The highest BCUT2D eigenvalue weighted by Gasteiger charge is 2.24. The summed E-state index contributed by atoms with van der Waals surface area (Å²) < 4.78 is 0.977. The van der Waals surface area contributed by atoms with Crippen LogP contribution in [0, 0.1) is 10.1 Å². The Morgan fingerprint density at radius 2 is 1.89 bits per heavy atom. The Kier molecular flexibility index (Phi) is 4.48. The first-order valence-electron chi connectivity index (χ1n) is 8.86. The summed E-state index contributed by atoms with van der Waals surface area (Å²) in [7, 11) is 0. The number of carbonyl (C=O) groups excluding carboxylic acids is 1. The molecule has 1 N–H and O–H groups in total. The average Bonchev–Trinajstić information content (AvgIpc) is 3.24. The van der Waals surface area contributed by atoms with Crippen LogP contribution in [0.5, 0.6) is 0 Å². The van der Waals surface area contributed by atoms with Crippen LogP contribution in [0.1, 0.15) is 23.2 Å². The van der Waals surface area contributed by atoms with E-state index in [1.165, 1.54) is 18.5 Å². The van der Waals surface area contributed by atoms with E-state index >= 15 is 0 Å². The van der Waals surface area contributed by atoms with Gasteiger partial charge in [0.05, 0.1) is 15.8 Å². The van der Waals surface area contributed by atoms with Gasteiger partial charge in [0.25, 0.3) is 17.2 Å². The van der Waals surface area contributed by atoms with E-state index in [0.29, 0.717) is 16.6 Å². The van der Waals surface area contributed by atoms with E-state index in [0.717, 1.165) is 30.6 Å². The number of aromatic nitrogens is 2. The highest BCUT2D eigenvalue weighted by molar-refractivity contribution is 6.01. The lowest BCUT2D eigenvalue weighted by atomic mass is 10.1. The SMILES string of the molecule is O=C(Nn1cnc2ccccc2c1=O)c1ccc(N2CCCC2)c([N+](=O)[O-])c1. The minimum atomic E-state index is -0.629. The van der Waals surface area contributed by atoms with Gasteiger partial charge in [-0.05, 0) is 37.1 Å². The molecule has 3 aromatic rings. The van der Waals surface area contributed by atoms with Gasteiger partial charge in [-0.25, -0.2) is 9.66 Å². The van der Waals surface area contributed by atoms with Gasteiger partial charge in [-0.3, -0.25) is 25.1 Å². The van der Waals surface area contributed by atoms with E-state index in [4.69, 9.17) is 0 Å². The first kappa shape index (κ1) is 17.7. The quantitative estimate of drug-likeness (QED) is 0.550. The Hall–Kier alpha value is -3.75. The zero-order valence-electron chi connectivity index (χ0n) is 14.9. The molecule has 1 fully saturated rings. The number of nitrogens with one attached hydrogen (secondary N) is 1. The molecule has 28 heavy (non-hydrogen) atoms. The third-order valence-electron chi connectivity index (χ3n) is 4.77. The maximum Gasteiger partial charge on any atom is 0.293 e. The molecule has 0 radical (unpaired) electrons. The number of fused-ring (bicyclic) bond motifs is 1. The Morgan fingerprint density at radius 3 is 2.64 bits per heavy atom. The second-order valence-electron chi connectivity index (χ2n) is 6.53. The lowest BCUT2D eigenvalue weighted by Crippen LogP contribution is -2.33. The van der Waals surface area contributed by atoms with E-state index in [9.17, 15) is 19.7 Å². The molecule has 0 bridgehead atoms. The minimum Gasteiger partial charge on any atom is -0.366 e. The van der Waals surface area contributed by atoms with Gasteiger partial charge in [0.1, 0.15) is 12.0 Å². The highest BCUT2D eigenvalue weighted by Crippen LogP contribution is 2.31. The summed E-state index contributed by atoms with van der Waals surface area (Å²) in [6.07, 6.45) is 3.18. The molecule has 142 valence electrons. The van der Waals surface area contributed by atoms with Crippen LogP contribution in [-0.2, 0) is 0 Å². The van der Waals surface area contributed by atoms with Crippen molar-refractivity contribution in [2.75, 3.05) is 23.4 Å². The number of nitro benzene ring substituents is 1. The van der Waals surface area contributed by atoms with Gasteiger partial charge in [0.2, 0.25) is 0 Å². The molecule has 1 saturated heterocycles. The third-order valence-corrected chi connectivity index (χ3v) is 4.77. The number of anilines is 1. The van der Waals surface area contributed by atoms with Crippen molar-refractivity contribution in [3.8, 4) is 0 Å². The number of nitrogens with zero attached hydrogens (tertiary/aromatic N) is 4. The van der Waals surface area contributed by atoms with Crippen molar-refractivity contribution >= 4 is 28.2 Å². The molecule has 0 unspecified atom stereocenters. The van der Waals surface area contributed by atoms with E-state index in [1.807, 2.05) is 4.90 Å². The Morgan fingerprint density at radius 1 is 1.14 bits per heavy atom. The van der Waals surface area contributed by atoms with E-state index in [-0.39, 0.29) is 11.3 Å². The summed E-state index contributed by atoms with van der Waals surface area (Å²) in [6, 6.07) is 11.1. The zero-order chi connectivity index (χ0) is 19.7. The van der Waals surface area contributed by atoms with Crippen LogP contribution in [0.25, 0.3) is 10.9 Å². The lowest BCUT2D eigenvalue weighted by Gasteiger charge is -2.18. The summed E-state index contributed by atoms with van der Waals surface area (Å²) >= 11 is 0. The molecule has 0 atom stereocenters. The third kappa shape index (κ3) is 3.18. The molecule has 1 amide bonds. The topological polar surface area (TPSA) is 110 Å². The van der Waals surface area contributed by atoms with Crippen LogP contribution in [0.4, 0.5) is 11.4 Å². The molecule has 1 aromatic heterocycles. The molecular formula is C19H17N5O4. The van der Waals surface area contributed by atoms with Gasteiger partial charge < -0.3 is 4.90 Å². The molecule has 2 aromatic carbocycles. The minimum absolute atomic E-state index is 0.0923. The van der Waals surface area contributed by atoms with E-state index in [2.05, 4.69) is 10.4 Å². The van der Waals surface area contributed by atoms with Gasteiger partial charge in [-0.2, -0.15) is 0 Å². The number of para-hydroxylation sites is 1. The Labute approximate surface area is 159 Å². The Balaban J connectivity index is 1.65. The zero-order valence-corrected chi connectivity index (χ0v) is 14.9. The van der Waals surface area contributed by atoms with Gasteiger partial charge in [-0.15, -0.1) is 0 Å². The Bertz CT molecular complexity index is 1130. The molecule has 1 aliphatic rings. The number of benzene rings is 2. The number of amides is 1. The van der Waals surface area contributed by atoms with E-state index < -0.39 is 16.4 Å². The molecule has 0 spiro atoms. The van der Waals surface area contributed by atoms with Crippen molar-refractivity contribution in [3.05, 3.63) is 74.8 Å². The van der Waals surface area contributed by atoms with Gasteiger partial charge >= 0.3 is 0 Å². The van der Waals surface area contributed by atoms with Crippen LogP contribution >= 0.6 is 0 Å². The standard InChI is InChI=1S/C19H17N5O4/c25-18(21-23-12-20-15-6-2-1-5-14(15)19(23)26)13-7-8-16(17(11-13)24(27)28)22-9-3-4-10-22/h1-2,5-8,11-12H,3-4,9-10H2,(H,21,25). The fourth-order valence-electron chi connectivity index (χ4n) is 3.36. The summed E-state index contributed by atoms with van der Waals surface area (Å²) in [5, 5.41) is 11.9. The second-order valence-corrected chi connectivity index (χ2v) is 6.53. The number of rotatable bonds is 4. The normalized spacial score (nSPS) is 13.6. The first-order valence-corrected chi connectivity index (χ1v) is 8.86. The van der Waals surface area contributed by atoms with Crippen LogP contribution in [0.15, 0.2) is 53.6 Å². The molecule has 9 heteroatoms. The number of hydrogen-bond acceptors (Lipinski definition) is 6. The van der Waals surface area contributed by atoms with E-state index in [1.54, 1.807) is 30.3 Å². The molecule has 0 saturated carbocycles. The summed E-state index contributed by atoms with van der Waals surface area (Å²) in [4.78, 5) is 42.1. The molecule has 9 nitrogen and oxygen atoms in total. The van der Waals surface area contributed by atoms with Gasteiger partial charge in [0.15, 0.2) is 0 Å². The van der Waals surface area contributed by atoms with Crippen LogP contribution < -0.4 is 15.9 Å². The molecule has 2 heterocycles. The first-order chi connectivity index (χ1) is 13.5. The van der Waals surface area contributed by atoms with Crippen LogP contribution in [0.2, 0.25) is 0 Å². The van der Waals surface area contributed by atoms with Crippen molar-refractivity contribution in [3.63, 3.8) is 0 Å². The summed E-state index contributed by atoms with van der Waals surface area (Å²) in [5.74, 6) is -0.629. The molecule has 0 aliphatic carbocycles. The fraction of sp³-hybridized carbons (Fsp3) is 0.211. The van der Waals surface area contributed by atoms with Gasteiger partial charge in [0, 0.05) is 24.7 Å². The molecule has 4 rings (SSSR count). The fourth-order valence-corrected chi connectivity index (χ4v) is 3.36. The highest BCUT2D eigenvalue weighted by atomic mass is 16.6. The summed E-state index contributed by atoms with van der Waals surface area (Å²) in [6.45, 7) is 1.51. The van der Waals surface area contributed by atoms with Crippen molar-refractivity contribution in [2.24, 2.45) is 0 Å². The lowest BCUT2D eigenvalue weighted by molar-refractivity contribution is -0.384. The van der Waals surface area contributed by atoms with Crippen molar-refractivity contribution < 1.29 is 9.72 Å². The van der Waals surface area contributed by atoms with Crippen LogP contribution in [-0.4, -0.2) is 33.6 Å². The predicted octanol–water partition coefficient (Wildman–Crippen LogP) is 2.29.